The van der Waals surface area contributed by atoms with Crippen LogP contribution in [0.4, 0.5) is 0 Å². The maximum Gasteiger partial charge on any atom is 0.0276 e. The predicted molar refractivity (Wildman–Crippen MR) is 66.1 cm³/mol. The van der Waals surface area contributed by atoms with E-state index in [4.69, 9.17) is 0 Å². The molecule has 0 fully saturated rings. The number of nitrogens with zero attached hydrogens (tertiary/aromatic N) is 1. The molecule has 0 heterocycles. The van der Waals surface area contributed by atoms with E-state index in [2.05, 4.69) is 32.7 Å². The lowest BCUT2D eigenvalue weighted by atomic mass is 9.84. The summed E-state index contributed by atoms with van der Waals surface area (Å²) in [5.74, 6) is 1.45. The zero-order valence-corrected chi connectivity index (χ0v) is 10.6. The monoisotopic (exact) mass is 197 g/mol. The second-order valence-electron chi connectivity index (χ2n) is 4.06. The molecule has 0 aromatic heterocycles. The van der Waals surface area contributed by atoms with Gasteiger partial charge < -0.3 is 0 Å². The molecule has 0 aliphatic rings. The van der Waals surface area contributed by atoms with Crippen molar-refractivity contribution < 1.29 is 0 Å². The van der Waals surface area contributed by atoms with E-state index in [0.29, 0.717) is 0 Å². The Kier molecular flexibility index (Phi) is 7.83. The first kappa shape index (κ1) is 13.7. The van der Waals surface area contributed by atoms with Gasteiger partial charge in [0, 0.05) is 12.8 Å². The van der Waals surface area contributed by atoms with Crippen LogP contribution in [0.25, 0.3) is 0 Å². The van der Waals surface area contributed by atoms with Gasteiger partial charge in [0.15, 0.2) is 0 Å². The molecule has 1 nitrogen and oxygen atoms in total. The molecule has 1 heteroatoms. The topological polar surface area (TPSA) is 12.4 Å². The average Bonchev–Trinajstić information content (AvgIpc) is 2.23. The van der Waals surface area contributed by atoms with E-state index in [1.54, 1.807) is 0 Å². The minimum atomic E-state index is 0.719. The van der Waals surface area contributed by atoms with E-state index in [9.17, 15) is 0 Å². The van der Waals surface area contributed by atoms with Crippen LogP contribution >= 0.6 is 0 Å². The summed E-state index contributed by atoms with van der Waals surface area (Å²) in [5.41, 5.74) is 1.47. The second-order valence-corrected chi connectivity index (χ2v) is 4.06. The lowest BCUT2D eigenvalue weighted by Gasteiger charge is -2.23. The van der Waals surface area contributed by atoms with Gasteiger partial charge in [-0.3, -0.25) is 4.99 Å². The normalized spacial score (nSPS) is 14.9. The molecule has 0 rings (SSSR count). The summed E-state index contributed by atoms with van der Waals surface area (Å²) in [6.45, 7) is 9.10. The number of hydrogen-bond donors (Lipinski definition) is 0. The molecule has 0 aliphatic carbocycles. The van der Waals surface area contributed by atoms with Crippen molar-refractivity contribution >= 4 is 5.71 Å². The van der Waals surface area contributed by atoms with Crippen LogP contribution < -0.4 is 0 Å². The lowest BCUT2D eigenvalue weighted by Crippen LogP contribution is -2.22. The van der Waals surface area contributed by atoms with Crippen LogP contribution in [-0.2, 0) is 0 Å². The molecule has 0 saturated carbocycles. The van der Waals surface area contributed by atoms with E-state index >= 15 is 0 Å². The SMILES string of the molecule is CCCC(CC)C(=NC)C(CC)CC. The van der Waals surface area contributed by atoms with Gasteiger partial charge in [-0.05, 0) is 37.5 Å². The highest BCUT2D eigenvalue weighted by Gasteiger charge is 2.19. The van der Waals surface area contributed by atoms with Crippen LogP contribution in [-0.4, -0.2) is 12.8 Å². The Balaban J connectivity index is 4.49. The molecule has 0 aromatic carbocycles. The Labute approximate surface area is 90.0 Å². The largest absolute Gasteiger partial charge is 0.297 e. The van der Waals surface area contributed by atoms with Crippen molar-refractivity contribution in [3.63, 3.8) is 0 Å². The first-order chi connectivity index (χ1) is 6.74. The van der Waals surface area contributed by atoms with Crippen LogP contribution in [0.3, 0.4) is 0 Å². The fourth-order valence-electron chi connectivity index (χ4n) is 2.32. The molecule has 0 spiro atoms. The molecule has 84 valence electrons. The van der Waals surface area contributed by atoms with Gasteiger partial charge in [0.2, 0.25) is 0 Å². The van der Waals surface area contributed by atoms with Crippen molar-refractivity contribution in [1.29, 1.82) is 0 Å². The van der Waals surface area contributed by atoms with Crippen LogP contribution in [0, 0.1) is 11.8 Å². The minimum Gasteiger partial charge on any atom is -0.297 e. The number of hydrogen-bond acceptors (Lipinski definition) is 1. The van der Waals surface area contributed by atoms with E-state index in [1.165, 1.54) is 37.8 Å². The van der Waals surface area contributed by atoms with Gasteiger partial charge in [-0.1, -0.05) is 34.1 Å². The molecule has 0 N–H and O–H groups in total. The van der Waals surface area contributed by atoms with Gasteiger partial charge in [-0.15, -0.1) is 0 Å². The summed E-state index contributed by atoms with van der Waals surface area (Å²) < 4.78 is 0. The first-order valence-electron chi connectivity index (χ1n) is 6.21. The predicted octanol–water partition coefficient (Wildman–Crippen LogP) is 4.32. The molecule has 0 bridgehead atoms. The van der Waals surface area contributed by atoms with Gasteiger partial charge >= 0.3 is 0 Å². The zero-order valence-electron chi connectivity index (χ0n) is 10.6. The van der Waals surface area contributed by atoms with Crippen LogP contribution in [0.15, 0.2) is 4.99 Å². The minimum absolute atomic E-state index is 0.719. The van der Waals surface area contributed by atoms with Gasteiger partial charge in [0.05, 0.1) is 0 Å². The third-order valence-electron chi connectivity index (χ3n) is 3.21. The average molecular weight is 197 g/mol. The van der Waals surface area contributed by atoms with Crippen LogP contribution in [0.2, 0.25) is 0 Å². The first-order valence-corrected chi connectivity index (χ1v) is 6.21. The summed E-state index contributed by atoms with van der Waals surface area (Å²) in [5, 5.41) is 0. The van der Waals surface area contributed by atoms with Crippen molar-refractivity contribution in [3.05, 3.63) is 0 Å². The van der Waals surface area contributed by atoms with Crippen LogP contribution in [0.5, 0.6) is 0 Å². The molecule has 1 atom stereocenters. The Morgan fingerprint density at radius 1 is 0.929 bits per heavy atom. The Morgan fingerprint density at radius 3 is 1.71 bits per heavy atom. The molecule has 0 radical (unpaired) electrons. The highest BCUT2D eigenvalue weighted by Crippen LogP contribution is 2.22. The summed E-state index contributed by atoms with van der Waals surface area (Å²) >= 11 is 0. The quantitative estimate of drug-likeness (QED) is 0.539. The molecule has 0 saturated heterocycles. The molecule has 0 amide bonds. The third kappa shape index (κ3) is 3.81. The highest BCUT2D eigenvalue weighted by atomic mass is 14.7. The van der Waals surface area contributed by atoms with Crippen molar-refractivity contribution in [2.24, 2.45) is 16.8 Å². The van der Waals surface area contributed by atoms with Crippen molar-refractivity contribution in [3.8, 4) is 0 Å². The fourth-order valence-corrected chi connectivity index (χ4v) is 2.32. The zero-order chi connectivity index (χ0) is 11.0. The maximum absolute atomic E-state index is 4.54. The van der Waals surface area contributed by atoms with E-state index < -0.39 is 0 Å². The summed E-state index contributed by atoms with van der Waals surface area (Å²) in [6, 6.07) is 0. The summed E-state index contributed by atoms with van der Waals surface area (Å²) in [6.07, 6.45) is 6.31. The van der Waals surface area contributed by atoms with E-state index in [0.717, 1.165) is 11.8 Å². The Hall–Kier alpha value is -0.330. The van der Waals surface area contributed by atoms with Crippen molar-refractivity contribution in [2.75, 3.05) is 7.05 Å². The number of rotatable bonds is 7. The van der Waals surface area contributed by atoms with Crippen LogP contribution in [0.1, 0.15) is 59.8 Å². The van der Waals surface area contributed by atoms with Gasteiger partial charge in [-0.2, -0.15) is 0 Å². The van der Waals surface area contributed by atoms with Crippen molar-refractivity contribution in [2.45, 2.75) is 59.8 Å². The van der Waals surface area contributed by atoms with E-state index in [-0.39, 0.29) is 0 Å². The standard InChI is InChI=1S/C13H27N/c1-6-10-12(9-4)13(14-5)11(7-2)8-3/h11-12H,6-10H2,1-5H3. The van der Waals surface area contributed by atoms with Gasteiger partial charge in [-0.25, -0.2) is 0 Å². The highest BCUT2D eigenvalue weighted by molar-refractivity contribution is 5.88. The molecule has 1 unspecified atom stereocenters. The molecular formula is C13H27N. The lowest BCUT2D eigenvalue weighted by molar-refractivity contribution is 0.533. The molecular weight excluding hydrogens is 170 g/mol. The smallest absolute Gasteiger partial charge is 0.0276 e. The molecule has 0 aromatic rings. The fraction of sp³-hybridized carbons (Fsp3) is 0.923. The Morgan fingerprint density at radius 2 is 1.43 bits per heavy atom. The number of aliphatic imine (C=N–C) groups is 1. The van der Waals surface area contributed by atoms with Crippen molar-refractivity contribution in [1.82, 2.24) is 0 Å². The molecule has 0 aliphatic heterocycles. The Bertz CT molecular complexity index is 157. The van der Waals surface area contributed by atoms with Gasteiger partial charge in [0.25, 0.3) is 0 Å². The van der Waals surface area contributed by atoms with E-state index in [1.807, 2.05) is 7.05 Å². The second kappa shape index (κ2) is 8.02. The maximum atomic E-state index is 4.54. The summed E-state index contributed by atoms with van der Waals surface area (Å²) in [4.78, 5) is 4.54. The third-order valence-corrected chi connectivity index (χ3v) is 3.21. The molecule has 14 heavy (non-hydrogen) atoms. The summed E-state index contributed by atoms with van der Waals surface area (Å²) in [7, 11) is 1.96. The van der Waals surface area contributed by atoms with Gasteiger partial charge in [0.1, 0.15) is 0 Å².